The molecule has 2 amide bonds. The minimum absolute atomic E-state index is 0.138. The number of unbranched alkanes of at least 4 members (excludes halogenated alkanes) is 32. The van der Waals surface area contributed by atoms with E-state index in [9.17, 15) is 0 Å². The molecule has 4 aromatic heterocycles. The zero-order valence-corrected chi connectivity index (χ0v) is 64.2. The number of hydrogen-bond donors (Lipinski definition) is 0. The van der Waals surface area contributed by atoms with Gasteiger partial charge in [0.2, 0.25) is 0 Å². The van der Waals surface area contributed by atoms with E-state index in [4.69, 9.17) is 0 Å². The van der Waals surface area contributed by atoms with Crippen LogP contribution in [0.2, 0.25) is 0 Å². The maximum atomic E-state index is 16.1. The van der Waals surface area contributed by atoms with Crippen molar-refractivity contribution in [3.8, 4) is 40.4 Å². The summed E-state index contributed by atoms with van der Waals surface area (Å²) in [6.45, 7) is 10.7. The van der Waals surface area contributed by atoms with Crippen molar-refractivity contribution in [2.45, 2.75) is 285 Å². The molecule has 0 saturated heterocycles. The first-order valence-corrected chi connectivity index (χ1v) is 43.1. The number of amides is 2. The summed E-state index contributed by atoms with van der Waals surface area (Å²) in [7, 11) is 0. The molecular weight excluding hydrogens is 1270 g/mol. The molecule has 526 valence electrons. The lowest BCUT2D eigenvalue weighted by Gasteiger charge is -2.28. The third kappa shape index (κ3) is 21.4. The molecule has 4 nitrogen and oxygen atoms in total. The van der Waals surface area contributed by atoms with E-state index in [1.54, 1.807) is 22.7 Å². The third-order valence-corrected chi connectivity index (χ3v) is 26.3. The molecule has 0 fully saturated rings. The minimum atomic E-state index is 0.138. The van der Waals surface area contributed by atoms with Crippen LogP contribution in [-0.4, -0.2) is 24.9 Å². The molecule has 0 aliphatic carbocycles. The second-order valence-corrected chi connectivity index (χ2v) is 33.5. The van der Waals surface area contributed by atoms with Crippen molar-refractivity contribution in [2.24, 2.45) is 11.8 Å². The molecular formula is C90H120N2O2S4. The molecule has 98 heavy (non-hydrogen) atoms. The lowest BCUT2D eigenvalue weighted by molar-refractivity contribution is -0.114. The van der Waals surface area contributed by atoms with Crippen LogP contribution < -0.4 is 20.2 Å². The van der Waals surface area contributed by atoms with Crippen LogP contribution in [0.15, 0.2) is 133 Å². The summed E-state index contributed by atoms with van der Waals surface area (Å²) in [6, 6.07) is 48.7. The molecule has 0 radical (unpaired) electrons. The van der Waals surface area contributed by atoms with Gasteiger partial charge >= 0.3 is 0 Å². The molecule has 10 rings (SSSR count). The van der Waals surface area contributed by atoms with Gasteiger partial charge in [0.05, 0.1) is 22.5 Å². The SMILES string of the molecule is CCCCCCCCCCCCC(CCCCCCCCCC)CN1C(=O)C(c2ccc(-c3ccc(-c4ccccc4)s3)s2)=c2ccc3c4c(ccc3c21)=C(c1ccc(-c2ccc(-c3ccccc3)s2)s1)C(=O)N4CC(CCCCCCCCCC)CCCCCCCCCCCC. The fraction of sp³-hybridized carbons (Fsp3) is 0.533. The van der Waals surface area contributed by atoms with Gasteiger partial charge in [0.25, 0.3) is 11.8 Å². The van der Waals surface area contributed by atoms with Crippen molar-refractivity contribution in [1.82, 2.24) is 0 Å². The highest BCUT2D eigenvalue weighted by Gasteiger charge is 2.38. The standard InChI is InChI=1S/C90H120N2O2S4/c1-5-9-13-17-21-25-27-31-35-41-49-69(47-39-33-29-23-19-15-11-7-3)67-91-87-73-55-58-76-86(84-66-64-82(98-84)80-62-60-78(96-80)72-53-45-38-46-54-72)90(94)92(68-70(48-40-34-30-24-20-16-12-8-4)50-42-36-32-28-26-22-18-14-10-6-2)88(76)74(73)56-57-75(87)85(89(91)93)83-65-63-81(97-83)79-61-59-77(95-79)71-51-43-37-44-52-71/h37-38,43-46,51-66,69-70H,5-36,39-42,47-50,67-68H2,1-4H3. The number of thiophene rings is 4. The first kappa shape index (κ1) is 75.3. The minimum Gasteiger partial charge on any atom is -0.307 e. The van der Waals surface area contributed by atoms with E-state index in [1.165, 1.54) is 272 Å². The number of nitrogens with zero attached hydrogens (tertiary/aromatic N) is 2. The average Bonchev–Trinajstić information content (AvgIpc) is 1.55. The van der Waals surface area contributed by atoms with Crippen LogP contribution in [0.1, 0.15) is 294 Å². The lowest BCUT2D eigenvalue weighted by atomic mass is 9.92. The second-order valence-electron chi connectivity index (χ2n) is 29.2. The summed E-state index contributed by atoms with van der Waals surface area (Å²) < 4.78 is 0. The maximum Gasteiger partial charge on any atom is 0.260 e. The Morgan fingerprint density at radius 1 is 0.265 bits per heavy atom. The average molecular weight is 1390 g/mol. The van der Waals surface area contributed by atoms with Gasteiger partial charge in [-0.1, -0.05) is 344 Å². The number of benzene rings is 4. The number of carbonyl (C=O) groups excluding carboxylic acids is 2. The van der Waals surface area contributed by atoms with Gasteiger partial charge in [-0.05, 0) is 97.2 Å². The van der Waals surface area contributed by atoms with E-state index in [0.717, 1.165) is 92.3 Å². The molecule has 0 N–H and O–H groups in total. The van der Waals surface area contributed by atoms with Gasteiger partial charge < -0.3 is 9.80 Å². The van der Waals surface area contributed by atoms with Gasteiger partial charge in [-0.3, -0.25) is 9.59 Å². The van der Waals surface area contributed by atoms with Crippen LogP contribution in [0.25, 0.3) is 62.3 Å². The highest BCUT2D eigenvalue weighted by Crippen LogP contribution is 2.45. The topological polar surface area (TPSA) is 40.6 Å². The van der Waals surface area contributed by atoms with Gasteiger partial charge in [0, 0.05) is 73.3 Å². The molecule has 0 saturated carbocycles. The van der Waals surface area contributed by atoms with Crippen molar-refractivity contribution in [3.05, 3.63) is 154 Å². The summed E-state index contributed by atoms with van der Waals surface area (Å²) in [5.41, 5.74) is 6.24. The van der Waals surface area contributed by atoms with Crippen LogP contribution in [0, 0.1) is 11.8 Å². The van der Waals surface area contributed by atoms with Crippen molar-refractivity contribution < 1.29 is 9.59 Å². The Labute approximate surface area is 608 Å². The predicted molar refractivity (Wildman–Crippen MR) is 433 cm³/mol. The highest BCUT2D eigenvalue weighted by atomic mass is 32.1. The fourth-order valence-electron chi connectivity index (χ4n) is 15.7. The molecule has 2 aliphatic heterocycles. The zero-order valence-electron chi connectivity index (χ0n) is 60.9. The Morgan fingerprint density at radius 3 is 0.796 bits per heavy atom. The Bertz CT molecular complexity index is 3520. The van der Waals surface area contributed by atoms with Crippen LogP contribution >= 0.6 is 45.3 Å². The van der Waals surface area contributed by atoms with Gasteiger partial charge in [0.1, 0.15) is 0 Å². The number of anilines is 2. The lowest BCUT2D eigenvalue weighted by Crippen LogP contribution is -2.34. The first-order chi connectivity index (χ1) is 48.4. The van der Waals surface area contributed by atoms with Crippen LogP contribution in [0.4, 0.5) is 11.4 Å². The van der Waals surface area contributed by atoms with Crippen LogP contribution in [0.3, 0.4) is 0 Å². The van der Waals surface area contributed by atoms with E-state index in [2.05, 4.69) is 171 Å². The van der Waals surface area contributed by atoms with E-state index < -0.39 is 0 Å². The summed E-state index contributed by atoms with van der Waals surface area (Å²) in [4.78, 5) is 46.2. The molecule has 2 unspecified atom stereocenters. The molecule has 8 aromatic rings. The van der Waals surface area contributed by atoms with E-state index in [0.29, 0.717) is 11.8 Å². The van der Waals surface area contributed by atoms with Crippen molar-refractivity contribution >= 4 is 90.5 Å². The number of hydrogen-bond acceptors (Lipinski definition) is 6. The van der Waals surface area contributed by atoms with Gasteiger partial charge in [0.15, 0.2) is 0 Å². The van der Waals surface area contributed by atoms with E-state index in [-0.39, 0.29) is 11.8 Å². The molecule has 2 atom stereocenters. The highest BCUT2D eigenvalue weighted by molar-refractivity contribution is 7.25. The molecule has 4 aromatic carbocycles. The van der Waals surface area contributed by atoms with Crippen molar-refractivity contribution in [2.75, 3.05) is 22.9 Å². The van der Waals surface area contributed by atoms with Gasteiger partial charge in [-0.2, -0.15) is 0 Å². The smallest absolute Gasteiger partial charge is 0.260 e. The van der Waals surface area contributed by atoms with E-state index >= 15 is 9.59 Å². The van der Waals surface area contributed by atoms with Gasteiger partial charge in [-0.25, -0.2) is 0 Å². The monoisotopic (exact) mass is 1390 g/mol. The first-order valence-electron chi connectivity index (χ1n) is 39.9. The van der Waals surface area contributed by atoms with E-state index in [1.807, 2.05) is 22.7 Å². The molecule has 8 heteroatoms. The molecule has 2 aliphatic rings. The fourth-order valence-corrected chi connectivity index (χ4v) is 20.0. The van der Waals surface area contributed by atoms with Crippen LogP contribution in [0.5, 0.6) is 0 Å². The Hall–Kier alpha value is -5.38. The Kier molecular flexibility index (Phi) is 31.9. The summed E-state index contributed by atoms with van der Waals surface area (Å²) in [5.74, 6) is 1.07. The Balaban J connectivity index is 1.02. The molecule has 0 bridgehead atoms. The number of fused-ring (bicyclic) bond motifs is 5. The summed E-state index contributed by atoms with van der Waals surface area (Å²) >= 11 is 7.20. The van der Waals surface area contributed by atoms with Crippen molar-refractivity contribution in [1.29, 1.82) is 0 Å². The van der Waals surface area contributed by atoms with Crippen LogP contribution in [-0.2, 0) is 9.59 Å². The number of carbonyl (C=O) groups is 2. The molecule has 6 heterocycles. The number of rotatable bonds is 50. The van der Waals surface area contributed by atoms with Crippen molar-refractivity contribution in [3.63, 3.8) is 0 Å². The normalized spacial score (nSPS) is 13.7. The maximum absolute atomic E-state index is 16.1. The zero-order chi connectivity index (χ0) is 67.9. The summed E-state index contributed by atoms with van der Waals surface area (Å²) in [5, 5.41) is 4.28. The predicted octanol–water partition coefficient (Wildman–Crippen LogP) is 27.8. The molecule has 0 spiro atoms. The third-order valence-electron chi connectivity index (χ3n) is 21.4. The summed E-state index contributed by atoms with van der Waals surface area (Å²) in [6.07, 6.45) is 51.9. The second kappa shape index (κ2) is 41.5. The van der Waals surface area contributed by atoms with Gasteiger partial charge in [-0.15, -0.1) is 45.3 Å². The Morgan fingerprint density at radius 2 is 0.510 bits per heavy atom. The quantitative estimate of drug-likeness (QED) is 0.0357. The largest absolute Gasteiger partial charge is 0.307 e.